The monoisotopic (exact) mass is 373 g/mol. The lowest BCUT2D eigenvalue weighted by Crippen LogP contribution is -2.25. The van der Waals surface area contributed by atoms with Crippen molar-refractivity contribution in [3.63, 3.8) is 0 Å². The maximum atomic E-state index is 12.2. The summed E-state index contributed by atoms with van der Waals surface area (Å²) in [5.41, 5.74) is 3.33. The smallest absolute Gasteiger partial charge is 0.251 e. The van der Waals surface area contributed by atoms with Crippen molar-refractivity contribution in [2.75, 3.05) is 5.32 Å². The highest BCUT2D eigenvalue weighted by Crippen LogP contribution is 2.25. The Morgan fingerprint density at radius 2 is 2.04 bits per heavy atom. The number of fused-ring (bicyclic) bond motifs is 1. The molecule has 5 rings (SSSR count). The highest BCUT2D eigenvalue weighted by atomic mass is 16.3. The molecule has 1 amide bonds. The van der Waals surface area contributed by atoms with Gasteiger partial charge in [-0.15, -0.1) is 0 Å². The van der Waals surface area contributed by atoms with E-state index < -0.39 is 0 Å². The predicted molar refractivity (Wildman–Crippen MR) is 105 cm³/mol. The molecule has 4 aromatic rings. The van der Waals surface area contributed by atoms with E-state index in [1.54, 1.807) is 12.5 Å². The van der Waals surface area contributed by atoms with Crippen molar-refractivity contribution in [2.24, 2.45) is 0 Å². The van der Waals surface area contributed by atoms with Crippen LogP contribution in [-0.2, 0) is 6.54 Å². The van der Waals surface area contributed by atoms with Gasteiger partial charge >= 0.3 is 0 Å². The minimum atomic E-state index is -0.0131. The Kier molecular flexibility index (Phi) is 4.05. The lowest BCUT2D eigenvalue weighted by Gasteiger charge is -2.07. The van der Waals surface area contributed by atoms with E-state index in [-0.39, 0.29) is 5.91 Å². The third-order valence-corrected chi connectivity index (χ3v) is 4.79. The van der Waals surface area contributed by atoms with E-state index in [2.05, 4.69) is 20.6 Å². The summed E-state index contributed by atoms with van der Waals surface area (Å²) in [7, 11) is 0. The maximum absolute atomic E-state index is 12.2. The van der Waals surface area contributed by atoms with Crippen LogP contribution in [0.25, 0.3) is 16.9 Å². The number of furan rings is 1. The average Bonchev–Trinajstić information content (AvgIpc) is 3.20. The minimum Gasteiger partial charge on any atom is -0.467 e. The van der Waals surface area contributed by atoms with Crippen LogP contribution in [0.1, 0.15) is 29.0 Å². The molecule has 0 unspecified atom stereocenters. The van der Waals surface area contributed by atoms with Crippen LogP contribution in [0.5, 0.6) is 0 Å². The van der Waals surface area contributed by atoms with Crippen LogP contribution in [0, 0.1) is 0 Å². The lowest BCUT2D eigenvalue weighted by atomic mass is 10.1. The zero-order valence-corrected chi connectivity index (χ0v) is 15.1. The molecule has 0 aliphatic heterocycles. The molecule has 3 aromatic heterocycles. The Hall–Kier alpha value is -3.61. The standard InChI is InChI=1S/C21H19N5O2/c27-21(25-16-7-8-16)15-5-3-14(4-6-15)18-13-24-20-19(22-9-10-26(18)20)23-12-17-2-1-11-28-17/h1-6,9-11,13,16H,7-8,12H2,(H,22,23)(H,25,27). The number of amides is 1. The fourth-order valence-electron chi connectivity index (χ4n) is 3.13. The molecular formula is C21H19N5O2. The molecule has 1 aliphatic rings. The zero-order chi connectivity index (χ0) is 18.9. The summed E-state index contributed by atoms with van der Waals surface area (Å²) in [4.78, 5) is 21.1. The second kappa shape index (κ2) is 6.84. The topological polar surface area (TPSA) is 84.5 Å². The van der Waals surface area contributed by atoms with Gasteiger partial charge in [0.15, 0.2) is 11.5 Å². The lowest BCUT2D eigenvalue weighted by molar-refractivity contribution is 0.0951. The van der Waals surface area contributed by atoms with E-state index in [0.29, 0.717) is 24.0 Å². The van der Waals surface area contributed by atoms with Gasteiger partial charge in [-0.05, 0) is 37.1 Å². The number of carbonyl (C=O) groups excluding carboxylic acids is 1. The highest BCUT2D eigenvalue weighted by Gasteiger charge is 2.23. The van der Waals surface area contributed by atoms with E-state index in [1.807, 2.05) is 53.2 Å². The largest absolute Gasteiger partial charge is 0.467 e. The quantitative estimate of drug-likeness (QED) is 0.540. The van der Waals surface area contributed by atoms with Gasteiger partial charge in [0.1, 0.15) is 5.76 Å². The summed E-state index contributed by atoms with van der Waals surface area (Å²) in [6.07, 6.45) is 9.23. The van der Waals surface area contributed by atoms with Gasteiger partial charge in [-0.1, -0.05) is 12.1 Å². The molecule has 140 valence electrons. The van der Waals surface area contributed by atoms with Crippen LogP contribution in [0.4, 0.5) is 5.82 Å². The van der Waals surface area contributed by atoms with Crippen molar-refractivity contribution < 1.29 is 9.21 Å². The molecular weight excluding hydrogens is 354 g/mol. The summed E-state index contributed by atoms with van der Waals surface area (Å²) in [5.74, 6) is 1.50. The molecule has 0 radical (unpaired) electrons. The summed E-state index contributed by atoms with van der Waals surface area (Å²) in [6, 6.07) is 11.7. The molecule has 7 heteroatoms. The normalized spacial score (nSPS) is 13.6. The van der Waals surface area contributed by atoms with E-state index in [0.717, 1.165) is 35.5 Å². The number of nitrogens with zero attached hydrogens (tertiary/aromatic N) is 3. The highest BCUT2D eigenvalue weighted by molar-refractivity contribution is 5.95. The van der Waals surface area contributed by atoms with Crippen LogP contribution >= 0.6 is 0 Å². The molecule has 1 fully saturated rings. The Bertz CT molecular complexity index is 1110. The van der Waals surface area contributed by atoms with Gasteiger partial charge in [0, 0.05) is 29.6 Å². The van der Waals surface area contributed by atoms with Gasteiger partial charge < -0.3 is 15.1 Å². The van der Waals surface area contributed by atoms with Crippen LogP contribution in [0.2, 0.25) is 0 Å². The van der Waals surface area contributed by atoms with Crippen molar-refractivity contribution in [3.8, 4) is 11.3 Å². The van der Waals surface area contributed by atoms with Gasteiger partial charge in [-0.2, -0.15) is 0 Å². The molecule has 1 saturated carbocycles. The van der Waals surface area contributed by atoms with Gasteiger partial charge in [-0.25, -0.2) is 9.97 Å². The molecule has 0 atom stereocenters. The summed E-state index contributed by atoms with van der Waals surface area (Å²) < 4.78 is 7.33. The Labute approximate surface area is 161 Å². The second-order valence-corrected chi connectivity index (χ2v) is 6.87. The number of nitrogens with one attached hydrogen (secondary N) is 2. The van der Waals surface area contributed by atoms with Crippen molar-refractivity contribution >= 4 is 17.4 Å². The fourth-order valence-corrected chi connectivity index (χ4v) is 3.13. The number of imidazole rings is 1. The van der Waals surface area contributed by atoms with Crippen molar-refractivity contribution in [3.05, 3.63) is 72.6 Å². The Morgan fingerprint density at radius 3 is 2.79 bits per heavy atom. The number of hydrogen-bond acceptors (Lipinski definition) is 5. The number of carbonyl (C=O) groups is 1. The number of hydrogen-bond donors (Lipinski definition) is 2. The van der Waals surface area contributed by atoms with Gasteiger partial charge in [-0.3, -0.25) is 9.20 Å². The number of anilines is 1. The van der Waals surface area contributed by atoms with Crippen LogP contribution < -0.4 is 10.6 Å². The van der Waals surface area contributed by atoms with Gasteiger partial charge in [0.05, 0.1) is 24.7 Å². The molecule has 1 aromatic carbocycles. The molecule has 0 bridgehead atoms. The van der Waals surface area contributed by atoms with Gasteiger partial charge in [0.2, 0.25) is 0 Å². The fraction of sp³-hybridized carbons (Fsp3) is 0.190. The molecule has 0 saturated heterocycles. The average molecular weight is 373 g/mol. The van der Waals surface area contributed by atoms with Crippen LogP contribution in [0.15, 0.2) is 65.7 Å². The number of benzene rings is 1. The third kappa shape index (κ3) is 3.22. The Balaban J connectivity index is 1.40. The predicted octanol–water partition coefficient (Wildman–Crippen LogP) is 3.49. The molecule has 7 nitrogen and oxygen atoms in total. The van der Waals surface area contributed by atoms with Gasteiger partial charge in [0.25, 0.3) is 5.91 Å². The molecule has 28 heavy (non-hydrogen) atoms. The summed E-state index contributed by atoms with van der Waals surface area (Å²) >= 11 is 0. The van der Waals surface area contributed by atoms with E-state index in [4.69, 9.17) is 4.42 Å². The molecule has 3 heterocycles. The summed E-state index contributed by atoms with van der Waals surface area (Å²) in [6.45, 7) is 0.534. The molecule has 1 aliphatic carbocycles. The SMILES string of the molecule is O=C(NC1CC1)c1ccc(-c2cnc3c(NCc4ccco4)nccn23)cc1. The second-order valence-electron chi connectivity index (χ2n) is 6.87. The van der Waals surface area contributed by atoms with Crippen molar-refractivity contribution in [1.82, 2.24) is 19.7 Å². The summed E-state index contributed by atoms with van der Waals surface area (Å²) in [5, 5.41) is 6.27. The third-order valence-electron chi connectivity index (χ3n) is 4.79. The minimum absolute atomic E-state index is 0.0131. The number of rotatable bonds is 6. The van der Waals surface area contributed by atoms with Crippen LogP contribution in [-0.4, -0.2) is 26.3 Å². The Morgan fingerprint density at radius 1 is 1.18 bits per heavy atom. The first kappa shape index (κ1) is 16.6. The first-order valence-corrected chi connectivity index (χ1v) is 9.27. The van der Waals surface area contributed by atoms with Crippen molar-refractivity contribution in [2.45, 2.75) is 25.4 Å². The first-order valence-electron chi connectivity index (χ1n) is 9.27. The molecule has 0 spiro atoms. The number of aromatic nitrogens is 3. The maximum Gasteiger partial charge on any atom is 0.251 e. The van der Waals surface area contributed by atoms with Crippen LogP contribution in [0.3, 0.4) is 0 Å². The van der Waals surface area contributed by atoms with Crippen molar-refractivity contribution in [1.29, 1.82) is 0 Å². The van der Waals surface area contributed by atoms with E-state index in [9.17, 15) is 4.79 Å². The first-order chi connectivity index (χ1) is 13.8. The van der Waals surface area contributed by atoms with E-state index in [1.165, 1.54) is 0 Å². The molecule has 2 N–H and O–H groups in total. The van der Waals surface area contributed by atoms with E-state index >= 15 is 0 Å². The zero-order valence-electron chi connectivity index (χ0n) is 15.1.